The molecule has 0 spiro atoms. The van der Waals surface area contributed by atoms with Gasteiger partial charge in [0.15, 0.2) is 0 Å². The third-order valence-electron chi connectivity index (χ3n) is 2.22. The molecule has 0 radical (unpaired) electrons. The maximum Gasteiger partial charge on any atom is 0.122 e. The molecule has 0 saturated heterocycles. The van der Waals surface area contributed by atoms with Crippen LogP contribution in [-0.2, 0) is 6.61 Å². The van der Waals surface area contributed by atoms with Crippen molar-refractivity contribution in [1.82, 2.24) is 0 Å². The van der Waals surface area contributed by atoms with Gasteiger partial charge in [-0.2, -0.15) is 0 Å². The van der Waals surface area contributed by atoms with E-state index in [4.69, 9.17) is 34.3 Å². The van der Waals surface area contributed by atoms with Crippen LogP contribution in [0.2, 0.25) is 5.02 Å². The first-order valence-electron chi connectivity index (χ1n) is 5.02. The minimum Gasteiger partial charge on any atom is -0.488 e. The van der Waals surface area contributed by atoms with Gasteiger partial charge in [-0.25, -0.2) is 0 Å². The summed E-state index contributed by atoms with van der Waals surface area (Å²) in [4.78, 5) is 1.42. The number of thiocarbonyl (C=S) groups is 1. The highest BCUT2D eigenvalue weighted by molar-refractivity contribution is 9.11. The molecular formula is C12H9BrClNOS2. The number of rotatable bonds is 4. The van der Waals surface area contributed by atoms with E-state index in [0.717, 1.165) is 8.66 Å². The molecule has 2 rings (SSSR count). The summed E-state index contributed by atoms with van der Waals surface area (Å²) in [5.74, 6) is 0.699. The van der Waals surface area contributed by atoms with Gasteiger partial charge in [-0.05, 0) is 46.3 Å². The van der Waals surface area contributed by atoms with Crippen molar-refractivity contribution in [2.24, 2.45) is 5.73 Å². The molecule has 94 valence electrons. The van der Waals surface area contributed by atoms with Crippen LogP contribution in [-0.4, -0.2) is 4.99 Å². The monoisotopic (exact) mass is 361 g/mol. The summed E-state index contributed by atoms with van der Waals surface area (Å²) in [6.45, 7) is 0.513. The number of halogens is 2. The van der Waals surface area contributed by atoms with Gasteiger partial charge in [-0.1, -0.05) is 23.8 Å². The predicted octanol–water partition coefficient (Wildman–Crippen LogP) is 4.38. The summed E-state index contributed by atoms with van der Waals surface area (Å²) in [5.41, 5.74) is 6.20. The Kier molecular flexibility index (Phi) is 4.61. The van der Waals surface area contributed by atoms with Crippen molar-refractivity contribution in [3.8, 4) is 5.75 Å². The molecule has 0 aliphatic carbocycles. The summed E-state index contributed by atoms with van der Waals surface area (Å²) in [6.07, 6.45) is 0. The van der Waals surface area contributed by atoms with Gasteiger partial charge in [0.05, 0.1) is 8.81 Å². The van der Waals surface area contributed by atoms with Gasteiger partial charge in [0.2, 0.25) is 0 Å². The van der Waals surface area contributed by atoms with Crippen molar-refractivity contribution >= 4 is 56.1 Å². The van der Waals surface area contributed by atoms with Gasteiger partial charge in [0.1, 0.15) is 17.3 Å². The van der Waals surface area contributed by atoms with E-state index in [2.05, 4.69) is 15.9 Å². The van der Waals surface area contributed by atoms with Crippen molar-refractivity contribution in [2.75, 3.05) is 0 Å². The van der Waals surface area contributed by atoms with Gasteiger partial charge >= 0.3 is 0 Å². The number of hydrogen-bond acceptors (Lipinski definition) is 3. The van der Waals surface area contributed by atoms with E-state index in [1.54, 1.807) is 23.5 Å². The van der Waals surface area contributed by atoms with E-state index < -0.39 is 0 Å². The molecule has 0 aliphatic heterocycles. The fraction of sp³-hybridized carbons (Fsp3) is 0.0833. The third kappa shape index (κ3) is 3.45. The van der Waals surface area contributed by atoms with Crippen LogP contribution in [0.3, 0.4) is 0 Å². The van der Waals surface area contributed by atoms with Crippen LogP contribution in [0.15, 0.2) is 34.1 Å². The molecule has 1 aromatic heterocycles. The molecule has 0 bridgehead atoms. The standard InChI is InChI=1S/C12H9BrClNOS2/c13-11-4-2-8(18-11)6-16-7-1-3-9(12(15)17)10(14)5-7/h1-5H,6H2,(H2,15,17). The fourth-order valence-electron chi connectivity index (χ4n) is 1.37. The topological polar surface area (TPSA) is 35.2 Å². The second-order valence-corrected chi connectivity index (χ2v) is 6.89. The summed E-state index contributed by atoms with van der Waals surface area (Å²) < 4.78 is 6.73. The number of hydrogen-bond donors (Lipinski definition) is 1. The second kappa shape index (κ2) is 6.02. The predicted molar refractivity (Wildman–Crippen MR) is 83.7 cm³/mol. The van der Waals surface area contributed by atoms with Crippen LogP contribution >= 0.6 is 51.1 Å². The second-order valence-electron chi connectivity index (χ2n) is 3.50. The van der Waals surface area contributed by atoms with Crippen LogP contribution in [0.25, 0.3) is 0 Å². The quantitative estimate of drug-likeness (QED) is 0.820. The first-order chi connectivity index (χ1) is 8.56. The normalized spacial score (nSPS) is 10.3. The zero-order chi connectivity index (χ0) is 13.1. The number of nitrogens with two attached hydrogens (primary N) is 1. The van der Waals surface area contributed by atoms with Crippen LogP contribution in [0, 0.1) is 0 Å². The smallest absolute Gasteiger partial charge is 0.122 e. The van der Waals surface area contributed by atoms with E-state index >= 15 is 0 Å². The minimum absolute atomic E-state index is 0.286. The Morgan fingerprint density at radius 3 is 2.72 bits per heavy atom. The highest BCUT2D eigenvalue weighted by Gasteiger charge is 2.05. The lowest BCUT2D eigenvalue weighted by atomic mass is 10.2. The van der Waals surface area contributed by atoms with Gasteiger partial charge in [-0.15, -0.1) is 11.3 Å². The van der Waals surface area contributed by atoms with Crippen LogP contribution < -0.4 is 10.5 Å². The first-order valence-corrected chi connectivity index (χ1v) is 7.42. The van der Waals surface area contributed by atoms with Crippen molar-refractivity contribution in [1.29, 1.82) is 0 Å². The number of ether oxygens (including phenoxy) is 1. The van der Waals surface area contributed by atoms with E-state index in [-0.39, 0.29) is 4.99 Å². The molecule has 2 N–H and O–H groups in total. The van der Waals surface area contributed by atoms with Crippen LogP contribution in [0.5, 0.6) is 5.75 Å². The highest BCUT2D eigenvalue weighted by atomic mass is 79.9. The lowest BCUT2D eigenvalue weighted by molar-refractivity contribution is 0.310. The average molecular weight is 363 g/mol. The summed E-state index contributed by atoms with van der Waals surface area (Å²) in [7, 11) is 0. The molecule has 0 atom stereocenters. The number of thiophene rings is 1. The Morgan fingerprint density at radius 1 is 1.39 bits per heavy atom. The average Bonchev–Trinajstić information content (AvgIpc) is 2.72. The molecule has 0 saturated carbocycles. The lowest BCUT2D eigenvalue weighted by Crippen LogP contribution is -2.09. The van der Waals surface area contributed by atoms with E-state index in [0.29, 0.717) is 22.9 Å². The van der Waals surface area contributed by atoms with Gasteiger partial charge in [0, 0.05) is 10.4 Å². The van der Waals surface area contributed by atoms with Crippen molar-refractivity contribution in [3.05, 3.63) is 49.6 Å². The molecule has 1 heterocycles. The van der Waals surface area contributed by atoms with Crippen LogP contribution in [0.4, 0.5) is 0 Å². The summed E-state index contributed by atoms with van der Waals surface area (Å²) in [5, 5.41) is 0.507. The van der Waals surface area contributed by atoms with Crippen LogP contribution in [0.1, 0.15) is 10.4 Å². The Bertz CT molecular complexity index is 585. The molecule has 0 unspecified atom stereocenters. The zero-order valence-corrected chi connectivity index (χ0v) is 13.1. The molecule has 1 aromatic carbocycles. The van der Waals surface area contributed by atoms with E-state index in [1.165, 1.54) is 0 Å². The van der Waals surface area contributed by atoms with Gasteiger partial charge in [0.25, 0.3) is 0 Å². The lowest BCUT2D eigenvalue weighted by Gasteiger charge is -2.07. The third-order valence-corrected chi connectivity index (χ3v) is 4.35. The number of benzene rings is 1. The van der Waals surface area contributed by atoms with Crippen molar-refractivity contribution < 1.29 is 4.74 Å². The van der Waals surface area contributed by atoms with Gasteiger partial charge in [-0.3, -0.25) is 0 Å². The van der Waals surface area contributed by atoms with E-state index in [1.807, 2.05) is 18.2 Å². The molecule has 0 aliphatic rings. The Labute approximate surface area is 128 Å². The van der Waals surface area contributed by atoms with Crippen molar-refractivity contribution in [2.45, 2.75) is 6.61 Å². The minimum atomic E-state index is 0.286. The molecule has 0 fully saturated rings. The maximum absolute atomic E-state index is 6.06. The van der Waals surface area contributed by atoms with E-state index in [9.17, 15) is 0 Å². The first kappa shape index (κ1) is 13.8. The molecule has 18 heavy (non-hydrogen) atoms. The highest BCUT2D eigenvalue weighted by Crippen LogP contribution is 2.26. The molecule has 0 amide bonds. The fourth-order valence-corrected chi connectivity index (χ4v) is 3.27. The van der Waals surface area contributed by atoms with Gasteiger partial charge < -0.3 is 10.5 Å². The summed E-state index contributed by atoms with van der Waals surface area (Å²) in [6, 6.07) is 9.30. The largest absolute Gasteiger partial charge is 0.488 e. The Morgan fingerprint density at radius 2 is 2.17 bits per heavy atom. The molecule has 6 heteroatoms. The molecule has 2 nitrogen and oxygen atoms in total. The molecular weight excluding hydrogens is 354 g/mol. The summed E-state index contributed by atoms with van der Waals surface area (Å²) >= 11 is 16.0. The molecule has 2 aromatic rings. The maximum atomic E-state index is 6.06. The Hall–Kier alpha value is -0.620. The van der Waals surface area contributed by atoms with Crippen molar-refractivity contribution in [3.63, 3.8) is 0 Å². The zero-order valence-electron chi connectivity index (χ0n) is 9.15. The SMILES string of the molecule is NC(=S)c1ccc(OCc2ccc(Br)s2)cc1Cl. The Balaban J connectivity index is 2.06.